The normalized spacial score (nSPS) is 49.4. The number of carbonyl (C=O) groups excluding carboxylic acids is 1. The van der Waals surface area contributed by atoms with Crippen LogP contribution in [0, 0.1) is 35.5 Å². The Kier molecular flexibility index (Phi) is 2.28. The van der Waals surface area contributed by atoms with Crippen LogP contribution in [0.5, 0.6) is 0 Å². The van der Waals surface area contributed by atoms with Gasteiger partial charge in [-0.25, -0.2) is 0 Å². The van der Waals surface area contributed by atoms with Crippen molar-refractivity contribution in [3.63, 3.8) is 0 Å². The van der Waals surface area contributed by atoms with Crippen LogP contribution in [-0.2, 0) is 4.79 Å². The molecule has 0 N–H and O–H groups in total. The molecule has 6 atom stereocenters. The lowest BCUT2D eigenvalue weighted by atomic mass is 9.47. The minimum atomic E-state index is 0.334. The highest BCUT2D eigenvalue weighted by molar-refractivity contribution is 5.96. The summed E-state index contributed by atoms with van der Waals surface area (Å²) < 4.78 is 0. The van der Waals surface area contributed by atoms with E-state index in [1.807, 2.05) is 6.92 Å². The van der Waals surface area contributed by atoms with E-state index in [1.165, 1.54) is 25.7 Å². The van der Waals surface area contributed by atoms with E-state index in [4.69, 9.17) is 0 Å². The minimum absolute atomic E-state index is 0.334. The average molecular weight is 218 g/mol. The van der Waals surface area contributed by atoms with Crippen molar-refractivity contribution >= 4 is 5.78 Å². The molecule has 6 unspecified atom stereocenters. The summed E-state index contributed by atoms with van der Waals surface area (Å²) in [7, 11) is 0. The topological polar surface area (TPSA) is 17.1 Å². The van der Waals surface area contributed by atoms with Crippen LogP contribution < -0.4 is 0 Å². The van der Waals surface area contributed by atoms with Crippen molar-refractivity contribution in [2.24, 2.45) is 35.5 Å². The Balaban J connectivity index is 1.90. The highest BCUT2D eigenvalue weighted by Crippen LogP contribution is 2.59. The van der Waals surface area contributed by atoms with Crippen molar-refractivity contribution in [1.82, 2.24) is 0 Å². The largest absolute Gasteiger partial charge is 0.294 e. The van der Waals surface area contributed by atoms with Gasteiger partial charge < -0.3 is 0 Å². The van der Waals surface area contributed by atoms with Crippen LogP contribution in [-0.4, -0.2) is 5.78 Å². The van der Waals surface area contributed by atoms with Gasteiger partial charge in [-0.1, -0.05) is 13.5 Å². The smallest absolute Gasteiger partial charge is 0.161 e. The molecule has 0 aromatic heterocycles. The molecule has 0 heterocycles. The second-order valence-corrected chi connectivity index (χ2v) is 6.52. The lowest BCUT2D eigenvalue weighted by molar-refractivity contribution is -0.138. The number of Topliss-reactive ketones (excluding diaryl/α,β-unsaturated/α-hetero) is 1. The van der Waals surface area contributed by atoms with Crippen molar-refractivity contribution < 1.29 is 4.79 Å². The zero-order valence-corrected chi connectivity index (χ0v) is 10.4. The predicted molar refractivity (Wildman–Crippen MR) is 64.9 cm³/mol. The van der Waals surface area contributed by atoms with Crippen LogP contribution in [0.15, 0.2) is 12.2 Å². The van der Waals surface area contributed by atoms with Crippen LogP contribution >= 0.6 is 0 Å². The molecule has 0 aromatic carbocycles. The van der Waals surface area contributed by atoms with E-state index >= 15 is 0 Å². The molecule has 0 saturated heterocycles. The van der Waals surface area contributed by atoms with Gasteiger partial charge in [0.05, 0.1) is 0 Å². The van der Waals surface area contributed by atoms with Crippen LogP contribution in [0.1, 0.15) is 39.5 Å². The molecule has 0 aromatic rings. The Morgan fingerprint density at radius 2 is 1.81 bits per heavy atom. The van der Waals surface area contributed by atoms with Crippen molar-refractivity contribution in [1.29, 1.82) is 0 Å². The van der Waals surface area contributed by atoms with Crippen molar-refractivity contribution in [3.05, 3.63) is 12.2 Å². The maximum Gasteiger partial charge on any atom is 0.161 e. The Hall–Kier alpha value is -0.590. The SMILES string of the molecule is C=C(C)C(=O)C1C2CC3CC(C2)C(C)C1C3. The molecule has 0 spiro atoms. The van der Waals surface area contributed by atoms with Gasteiger partial charge in [0.2, 0.25) is 0 Å². The quantitative estimate of drug-likeness (QED) is 0.649. The lowest BCUT2D eigenvalue weighted by Gasteiger charge is -2.57. The van der Waals surface area contributed by atoms with Crippen molar-refractivity contribution in [3.8, 4) is 0 Å². The number of carbonyl (C=O) groups is 1. The highest BCUT2D eigenvalue weighted by Gasteiger charge is 2.53. The monoisotopic (exact) mass is 218 g/mol. The van der Waals surface area contributed by atoms with Crippen LogP contribution in [0.3, 0.4) is 0 Å². The third kappa shape index (κ3) is 1.33. The molecule has 4 rings (SSSR count). The summed E-state index contributed by atoms with van der Waals surface area (Å²) in [5.74, 6) is 4.74. The number of hydrogen-bond donors (Lipinski definition) is 0. The number of rotatable bonds is 2. The van der Waals surface area contributed by atoms with Gasteiger partial charge in [0.1, 0.15) is 0 Å². The lowest BCUT2D eigenvalue weighted by Crippen LogP contribution is -2.52. The summed E-state index contributed by atoms with van der Waals surface area (Å²) in [6.07, 6.45) is 5.40. The molecule has 4 bridgehead atoms. The second-order valence-electron chi connectivity index (χ2n) is 6.52. The Labute approximate surface area is 98.3 Å². The van der Waals surface area contributed by atoms with E-state index in [1.54, 1.807) is 0 Å². The molecule has 4 aliphatic carbocycles. The van der Waals surface area contributed by atoms with E-state index < -0.39 is 0 Å². The summed E-state index contributed by atoms with van der Waals surface area (Å²) >= 11 is 0. The molecule has 16 heavy (non-hydrogen) atoms. The maximum atomic E-state index is 12.3. The molecule has 4 aliphatic rings. The molecule has 4 fully saturated rings. The third-order valence-electron chi connectivity index (χ3n) is 5.59. The highest BCUT2D eigenvalue weighted by atomic mass is 16.1. The number of allylic oxidation sites excluding steroid dienone is 1. The molecule has 1 heteroatoms. The van der Waals surface area contributed by atoms with Crippen LogP contribution in [0.2, 0.25) is 0 Å². The van der Waals surface area contributed by atoms with E-state index in [-0.39, 0.29) is 0 Å². The summed E-state index contributed by atoms with van der Waals surface area (Å²) in [4.78, 5) is 12.3. The first kappa shape index (κ1) is 10.6. The maximum absolute atomic E-state index is 12.3. The molecule has 0 amide bonds. The first-order valence-electron chi connectivity index (χ1n) is 6.77. The van der Waals surface area contributed by atoms with Gasteiger partial charge in [-0.2, -0.15) is 0 Å². The predicted octanol–water partition coefficient (Wildman–Crippen LogP) is 3.45. The first-order chi connectivity index (χ1) is 7.58. The Morgan fingerprint density at radius 3 is 2.50 bits per heavy atom. The van der Waals surface area contributed by atoms with Crippen LogP contribution in [0.4, 0.5) is 0 Å². The summed E-state index contributed by atoms with van der Waals surface area (Å²) in [6, 6.07) is 0. The Bertz CT molecular complexity index is 343. The molecule has 88 valence electrons. The standard InChI is InChI=1S/C15H22O/c1-8(2)15(16)14-12-5-10-4-11(7-12)9(3)13(14)6-10/h9-14H,1,4-7H2,2-3H3. The number of ketones is 1. The average Bonchev–Trinajstić information content (AvgIpc) is 2.24. The molecule has 0 aliphatic heterocycles. The summed E-state index contributed by atoms with van der Waals surface area (Å²) in [5, 5.41) is 0. The van der Waals surface area contributed by atoms with E-state index in [2.05, 4.69) is 13.5 Å². The first-order valence-corrected chi connectivity index (χ1v) is 6.77. The molecule has 0 radical (unpaired) electrons. The van der Waals surface area contributed by atoms with Crippen molar-refractivity contribution in [2.75, 3.05) is 0 Å². The molecule has 1 nitrogen and oxygen atoms in total. The van der Waals surface area contributed by atoms with E-state index in [0.717, 1.165) is 23.3 Å². The second kappa shape index (κ2) is 3.45. The fraction of sp³-hybridized carbons (Fsp3) is 0.800. The third-order valence-corrected chi connectivity index (χ3v) is 5.59. The number of hydrogen-bond acceptors (Lipinski definition) is 1. The van der Waals surface area contributed by atoms with Gasteiger partial charge in [0.15, 0.2) is 5.78 Å². The summed E-state index contributed by atoms with van der Waals surface area (Å²) in [5.41, 5.74) is 0.782. The van der Waals surface area contributed by atoms with Gasteiger partial charge >= 0.3 is 0 Å². The van der Waals surface area contributed by atoms with Gasteiger partial charge in [-0.05, 0) is 67.8 Å². The van der Waals surface area contributed by atoms with Gasteiger partial charge in [0.25, 0.3) is 0 Å². The van der Waals surface area contributed by atoms with Gasteiger partial charge in [-0.15, -0.1) is 0 Å². The zero-order chi connectivity index (χ0) is 11.4. The molecular weight excluding hydrogens is 196 g/mol. The van der Waals surface area contributed by atoms with Gasteiger partial charge in [0, 0.05) is 5.92 Å². The van der Waals surface area contributed by atoms with E-state index in [0.29, 0.717) is 23.5 Å². The van der Waals surface area contributed by atoms with Crippen LogP contribution in [0.25, 0.3) is 0 Å². The molecule has 4 saturated carbocycles. The fourth-order valence-corrected chi connectivity index (χ4v) is 4.91. The van der Waals surface area contributed by atoms with Gasteiger partial charge in [-0.3, -0.25) is 4.79 Å². The van der Waals surface area contributed by atoms with Crippen molar-refractivity contribution in [2.45, 2.75) is 39.5 Å². The van der Waals surface area contributed by atoms with E-state index in [9.17, 15) is 4.79 Å². The Morgan fingerprint density at radius 1 is 1.12 bits per heavy atom. The summed E-state index contributed by atoms with van der Waals surface area (Å²) in [6.45, 7) is 8.13. The zero-order valence-electron chi connectivity index (χ0n) is 10.4. The minimum Gasteiger partial charge on any atom is -0.294 e. The molecular formula is C15H22O. The fourth-order valence-electron chi connectivity index (χ4n) is 4.91.